The Balaban J connectivity index is 1.62. The Kier molecular flexibility index (Phi) is 3.60. The number of carbonyl (C=O) groups is 1. The van der Waals surface area contributed by atoms with Gasteiger partial charge >= 0.3 is 5.97 Å². The zero-order valence-corrected chi connectivity index (χ0v) is 11.5. The maximum absolute atomic E-state index is 11.3. The molecule has 0 radical (unpaired) electrons. The molecule has 1 saturated heterocycles. The van der Waals surface area contributed by atoms with E-state index in [2.05, 4.69) is 10.6 Å². The minimum atomic E-state index is -0.368. The molecule has 6 nitrogen and oxygen atoms in total. The van der Waals surface area contributed by atoms with E-state index in [1.165, 1.54) is 0 Å². The first-order valence-electron chi connectivity index (χ1n) is 6.36. The number of cyclic esters (lactones) is 1. The third kappa shape index (κ3) is 2.77. The zero-order chi connectivity index (χ0) is 13.9. The van der Waals surface area contributed by atoms with Crippen molar-refractivity contribution in [3.63, 3.8) is 0 Å². The Morgan fingerprint density at radius 3 is 2.70 bits per heavy atom. The minimum Gasteiger partial charge on any atom is -0.486 e. The summed E-state index contributed by atoms with van der Waals surface area (Å²) in [5, 5.41) is 6.33. The molecule has 0 spiro atoms. The van der Waals surface area contributed by atoms with Crippen LogP contribution in [0.4, 0.5) is 5.69 Å². The molecule has 1 fully saturated rings. The molecule has 3 rings (SSSR count). The van der Waals surface area contributed by atoms with E-state index in [0.717, 1.165) is 11.4 Å². The highest BCUT2D eigenvalue weighted by Gasteiger charge is 2.26. The fraction of sp³-hybridized carbons (Fsp3) is 0.385. The summed E-state index contributed by atoms with van der Waals surface area (Å²) >= 11 is 5.18. The average Bonchev–Trinajstić information content (AvgIpc) is 2.84. The van der Waals surface area contributed by atoms with Crippen LogP contribution < -0.4 is 20.1 Å². The van der Waals surface area contributed by atoms with Crippen LogP contribution in [0.3, 0.4) is 0 Å². The molecule has 0 amide bonds. The van der Waals surface area contributed by atoms with Crippen molar-refractivity contribution in [3.8, 4) is 11.5 Å². The van der Waals surface area contributed by atoms with Gasteiger partial charge in [-0.05, 0) is 24.4 Å². The molecule has 0 aliphatic carbocycles. The molecule has 0 saturated carbocycles. The molecular weight excluding hydrogens is 280 g/mol. The largest absolute Gasteiger partial charge is 0.486 e. The van der Waals surface area contributed by atoms with Gasteiger partial charge < -0.3 is 24.8 Å². The van der Waals surface area contributed by atoms with Gasteiger partial charge in [-0.1, -0.05) is 0 Å². The van der Waals surface area contributed by atoms with Crippen LogP contribution in [0, 0.1) is 0 Å². The Labute approximate surface area is 121 Å². The molecule has 2 heterocycles. The second-order valence-electron chi connectivity index (χ2n) is 4.47. The van der Waals surface area contributed by atoms with Gasteiger partial charge in [0, 0.05) is 18.2 Å². The Morgan fingerprint density at radius 1 is 1.15 bits per heavy atom. The first kappa shape index (κ1) is 13.0. The molecule has 1 atom stereocenters. The van der Waals surface area contributed by atoms with Crippen molar-refractivity contribution in [3.05, 3.63) is 18.2 Å². The van der Waals surface area contributed by atoms with Crippen molar-refractivity contribution >= 4 is 29.0 Å². The predicted octanol–water partition coefficient (Wildman–Crippen LogP) is 1.06. The lowest BCUT2D eigenvalue weighted by molar-refractivity contribution is -0.139. The van der Waals surface area contributed by atoms with Crippen LogP contribution in [-0.4, -0.2) is 36.9 Å². The molecular formula is C13H14N2O4S. The van der Waals surface area contributed by atoms with Crippen molar-refractivity contribution in [2.75, 3.05) is 25.1 Å². The lowest BCUT2D eigenvalue weighted by Gasteiger charge is -2.19. The van der Waals surface area contributed by atoms with E-state index < -0.39 is 0 Å². The highest BCUT2D eigenvalue weighted by atomic mass is 32.1. The third-order valence-electron chi connectivity index (χ3n) is 3.04. The smallest absolute Gasteiger partial charge is 0.328 e. The SMILES string of the molecule is O=C1OCCC1NC(=S)Nc1ccc2c(c1)OCCO2. The van der Waals surface area contributed by atoms with E-state index in [1.54, 1.807) is 0 Å². The van der Waals surface area contributed by atoms with Crippen LogP contribution >= 0.6 is 12.2 Å². The van der Waals surface area contributed by atoms with Crippen molar-refractivity contribution in [2.24, 2.45) is 0 Å². The number of hydrogen-bond acceptors (Lipinski definition) is 5. The summed E-state index contributed by atoms with van der Waals surface area (Å²) < 4.78 is 15.8. The Hall–Kier alpha value is -2.02. The fourth-order valence-corrected chi connectivity index (χ4v) is 2.33. The van der Waals surface area contributed by atoms with E-state index >= 15 is 0 Å². The topological polar surface area (TPSA) is 68.8 Å². The molecule has 7 heteroatoms. The molecule has 20 heavy (non-hydrogen) atoms. The number of benzene rings is 1. The molecule has 1 unspecified atom stereocenters. The van der Waals surface area contributed by atoms with Crippen LogP contribution in [0.15, 0.2) is 18.2 Å². The summed E-state index contributed by atoms with van der Waals surface area (Å²) in [5.41, 5.74) is 0.776. The molecule has 1 aromatic carbocycles. The third-order valence-corrected chi connectivity index (χ3v) is 3.26. The Morgan fingerprint density at radius 2 is 1.95 bits per heavy atom. The highest BCUT2D eigenvalue weighted by Crippen LogP contribution is 2.32. The fourth-order valence-electron chi connectivity index (χ4n) is 2.07. The number of anilines is 1. The zero-order valence-electron chi connectivity index (χ0n) is 10.7. The number of thiocarbonyl (C=S) groups is 1. The van der Waals surface area contributed by atoms with Gasteiger partial charge in [-0.25, -0.2) is 4.79 Å². The molecule has 106 valence electrons. The van der Waals surface area contributed by atoms with Crippen LogP contribution in [0.1, 0.15) is 6.42 Å². The predicted molar refractivity (Wildman–Crippen MR) is 76.2 cm³/mol. The molecule has 2 aliphatic heterocycles. The van der Waals surface area contributed by atoms with Crippen LogP contribution in [0.5, 0.6) is 11.5 Å². The summed E-state index contributed by atoms with van der Waals surface area (Å²) in [6.45, 7) is 1.53. The van der Waals surface area contributed by atoms with Gasteiger partial charge in [-0.15, -0.1) is 0 Å². The summed E-state index contributed by atoms with van der Waals surface area (Å²) in [7, 11) is 0. The van der Waals surface area contributed by atoms with Crippen LogP contribution in [-0.2, 0) is 9.53 Å². The second-order valence-corrected chi connectivity index (χ2v) is 4.87. The number of ether oxygens (including phenoxy) is 3. The maximum atomic E-state index is 11.3. The van der Waals surface area contributed by atoms with Gasteiger partial charge in [0.25, 0.3) is 0 Å². The van der Waals surface area contributed by atoms with E-state index in [1.807, 2.05) is 18.2 Å². The van der Waals surface area contributed by atoms with Gasteiger partial charge in [0.1, 0.15) is 19.3 Å². The van der Waals surface area contributed by atoms with Crippen molar-refractivity contribution in [1.82, 2.24) is 5.32 Å². The standard InChI is InChI=1S/C13H14N2O4S/c16-12-9(3-4-19-12)15-13(20)14-8-1-2-10-11(7-8)18-6-5-17-10/h1-2,7,9H,3-6H2,(H2,14,15,20). The Bertz CT molecular complexity index is 549. The normalized spacial score (nSPS) is 20.2. The van der Waals surface area contributed by atoms with Crippen LogP contribution in [0.25, 0.3) is 0 Å². The van der Waals surface area contributed by atoms with Crippen molar-refractivity contribution < 1.29 is 19.0 Å². The first-order chi connectivity index (χ1) is 9.72. The van der Waals surface area contributed by atoms with Gasteiger partial charge in [-0.3, -0.25) is 0 Å². The quantitative estimate of drug-likeness (QED) is 0.624. The van der Waals surface area contributed by atoms with Crippen molar-refractivity contribution in [2.45, 2.75) is 12.5 Å². The molecule has 0 bridgehead atoms. The molecule has 0 aromatic heterocycles. The molecule has 2 aliphatic rings. The number of carbonyl (C=O) groups excluding carboxylic acids is 1. The maximum Gasteiger partial charge on any atom is 0.328 e. The van der Waals surface area contributed by atoms with Gasteiger partial charge in [0.15, 0.2) is 16.6 Å². The average molecular weight is 294 g/mol. The summed E-state index contributed by atoms with van der Waals surface area (Å²) in [6.07, 6.45) is 0.627. The summed E-state index contributed by atoms with van der Waals surface area (Å²) in [5.74, 6) is 1.14. The number of fused-ring (bicyclic) bond motifs is 1. The highest BCUT2D eigenvalue weighted by molar-refractivity contribution is 7.80. The number of esters is 1. The van der Waals surface area contributed by atoms with E-state index in [9.17, 15) is 4.79 Å². The van der Waals surface area contributed by atoms with Gasteiger partial charge in [-0.2, -0.15) is 0 Å². The van der Waals surface area contributed by atoms with E-state index in [0.29, 0.717) is 37.1 Å². The lowest BCUT2D eigenvalue weighted by atomic mass is 10.2. The first-order valence-corrected chi connectivity index (χ1v) is 6.77. The number of hydrogen-bond donors (Lipinski definition) is 2. The monoisotopic (exact) mass is 294 g/mol. The van der Waals surface area contributed by atoms with E-state index in [4.69, 9.17) is 26.4 Å². The molecule has 1 aromatic rings. The summed E-state index contributed by atoms with van der Waals surface area (Å²) in [6, 6.07) is 5.11. The number of rotatable bonds is 2. The lowest BCUT2D eigenvalue weighted by Crippen LogP contribution is -2.40. The minimum absolute atomic E-state index is 0.267. The molecule has 2 N–H and O–H groups in total. The van der Waals surface area contributed by atoms with E-state index in [-0.39, 0.29) is 12.0 Å². The van der Waals surface area contributed by atoms with Gasteiger partial charge in [0.2, 0.25) is 0 Å². The van der Waals surface area contributed by atoms with Gasteiger partial charge in [0.05, 0.1) is 6.61 Å². The van der Waals surface area contributed by atoms with Crippen LogP contribution in [0.2, 0.25) is 0 Å². The number of nitrogens with one attached hydrogen (secondary N) is 2. The van der Waals surface area contributed by atoms with Crippen molar-refractivity contribution in [1.29, 1.82) is 0 Å². The summed E-state index contributed by atoms with van der Waals surface area (Å²) in [4.78, 5) is 11.3. The second kappa shape index (κ2) is 5.54.